The molecule has 3 atom stereocenters. The Balaban J connectivity index is 1.13. The van der Waals surface area contributed by atoms with Gasteiger partial charge in [0.1, 0.15) is 11.3 Å². The minimum atomic E-state index is 0.0530. The third-order valence-corrected chi connectivity index (χ3v) is 8.10. The van der Waals surface area contributed by atoms with E-state index >= 15 is 0 Å². The highest BCUT2D eigenvalue weighted by Gasteiger charge is 2.41. The van der Waals surface area contributed by atoms with Crippen molar-refractivity contribution in [2.24, 2.45) is 11.8 Å². The zero-order chi connectivity index (χ0) is 23.2. The lowest BCUT2D eigenvalue weighted by Gasteiger charge is -2.47. The molecule has 3 heterocycles. The topological polar surface area (TPSA) is 74.9 Å². The van der Waals surface area contributed by atoms with Crippen LogP contribution in [0.2, 0.25) is 0 Å². The van der Waals surface area contributed by atoms with Gasteiger partial charge in [0.05, 0.1) is 18.7 Å². The minimum absolute atomic E-state index is 0.0530. The number of carbonyl (C=O) groups excluding carboxylic acids is 1. The molecule has 1 amide bonds. The Morgan fingerprint density at radius 1 is 1.06 bits per heavy atom. The van der Waals surface area contributed by atoms with Crippen LogP contribution in [0.4, 0.5) is 5.69 Å². The van der Waals surface area contributed by atoms with Crippen LogP contribution in [-0.4, -0.2) is 78.9 Å². The maximum Gasteiger partial charge on any atom is 0.227 e. The fourth-order valence-electron chi connectivity index (χ4n) is 6.35. The third-order valence-electron chi connectivity index (χ3n) is 8.10. The summed E-state index contributed by atoms with van der Waals surface area (Å²) >= 11 is 0. The van der Waals surface area contributed by atoms with Crippen LogP contribution in [-0.2, 0) is 17.6 Å². The summed E-state index contributed by atoms with van der Waals surface area (Å²) in [6, 6.07) is 12.8. The molecule has 178 valence electrons. The fourth-order valence-corrected chi connectivity index (χ4v) is 6.35. The van der Waals surface area contributed by atoms with E-state index in [1.165, 1.54) is 11.1 Å². The van der Waals surface area contributed by atoms with Gasteiger partial charge in [-0.15, -0.1) is 0 Å². The van der Waals surface area contributed by atoms with Crippen molar-refractivity contribution in [2.45, 2.75) is 25.3 Å². The van der Waals surface area contributed by atoms with E-state index in [0.29, 0.717) is 17.9 Å². The molecular weight excluding hydrogens is 430 g/mol. The molecule has 1 aliphatic carbocycles. The van der Waals surface area contributed by atoms with Gasteiger partial charge in [-0.2, -0.15) is 0 Å². The van der Waals surface area contributed by atoms with Crippen LogP contribution < -0.4 is 9.64 Å². The lowest BCUT2D eigenvalue weighted by Crippen LogP contribution is -2.56. The molecule has 0 radical (unpaired) electrons. The number of likely N-dealkylation sites (N-methyl/N-ethyl adjacent to an activating group) is 1. The summed E-state index contributed by atoms with van der Waals surface area (Å²) in [6.45, 7) is 3.87. The first-order valence-electron chi connectivity index (χ1n) is 12.2. The number of hydrogen-bond acceptors (Lipinski definition) is 7. The molecule has 0 unspecified atom stereocenters. The quantitative estimate of drug-likeness (QED) is 0.594. The van der Waals surface area contributed by atoms with Crippen molar-refractivity contribution in [1.29, 1.82) is 0 Å². The minimum Gasteiger partial charge on any atom is -0.496 e. The zero-order valence-electron chi connectivity index (χ0n) is 19.8. The van der Waals surface area contributed by atoms with Crippen molar-refractivity contribution in [3.63, 3.8) is 0 Å². The van der Waals surface area contributed by atoms with Gasteiger partial charge in [-0.1, -0.05) is 18.2 Å². The lowest BCUT2D eigenvalue weighted by atomic mass is 9.72. The van der Waals surface area contributed by atoms with Crippen LogP contribution in [0, 0.1) is 11.8 Å². The third kappa shape index (κ3) is 3.60. The Hall–Kier alpha value is -3.13. The van der Waals surface area contributed by atoms with E-state index in [2.05, 4.69) is 56.3 Å². The Bertz CT molecular complexity index is 1200. The molecule has 34 heavy (non-hydrogen) atoms. The molecule has 2 aliphatic heterocycles. The van der Waals surface area contributed by atoms with Gasteiger partial charge in [-0.3, -0.25) is 4.79 Å². The average molecular weight is 462 g/mol. The van der Waals surface area contributed by atoms with Crippen LogP contribution in [0.5, 0.6) is 5.75 Å². The number of carbonyl (C=O) groups is 1. The monoisotopic (exact) mass is 461 g/mol. The van der Waals surface area contributed by atoms with Gasteiger partial charge in [-0.05, 0) is 71.9 Å². The highest BCUT2D eigenvalue weighted by atomic mass is 16.6. The molecule has 0 N–H and O–H groups in total. The molecule has 3 aliphatic rings. The normalized spacial score (nSPS) is 25.2. The first-order chi connectivity index (χ1) is 16.6. The number of hydrogen-bond donors (Lipinski definition) is 0. The molecule has 2 saturated heterocycles. The first kappa shape index (κ1) is 21.4. The maximum atomic E-state index is 13.6. The van der Waals surface area contributed by atoms with Gasteiger partial charge in [0.25, 0.3) is 0 Å². The first-order valence-corrected chi connectivity index (χ1v) is 12.2. The molecule has 8 heteroatoms. The van der Waals surface area contributed by atoms with Crippen molar-refractivity contribution < 1.29 is 14.2 Å². The SMILES string of the molecule is COc1cccc2c1C[C@H]1C[C@@H](C(=O)N3CCN(c4cccc5nonc45)CC3)CN(C)[C@@H]1C2. The number of amides is 1. The predicted octanol–water partition coefficient (Wildman–Crippen LogP) is 2.62. The Morgan fingerprint density at radius 3 is 2.71 bits per heavy atom. The standard InChI is InChI=1S/C26H31N5O3/c1-29-16-19(13-18-14-20-17(15-23(18)29)5-3-8-24(20)33-2)26(32)31-11-9-30(10-12-31)22-7-4-6-21-25(22)28-34-27-21/h3-8,18-19,23H,9-16H2,1-2H3/t18-,19-,23-/m1/s1. The number of likely N-dealkylation sites (tertiary alicyclic amines) is 1. The van der Waals surface area contributed by atoms with E-state index < -0.39 is 0 Å². The van der Waals surface area contributed by atoms with Gasteiger partial charge in [0, 0.05) is 38.8 Å². The largest absolute Gasteiger partial charge is 0.496 e. The van der Waals surface area contributed by atoms with Crippen molar-refractivity contribution in [1.82, 2.24) is 20.1 Å². The number of nitrogens with zero attached hydrogens (tertiary/aromatic N) is 5. The van der Waals surface area contributed by atoms with E-state index in [1.54, 1.807) is 7.11 Å². The number of benzene rings is 2. The number of aromatic nitrogens is 2. The van der Waals surface area contributed by atoms with Gasteiger partial charge in [-0.25, -0.2) is 4.63 Å². The molecule has 0 bridgehead atoms. The Morgan fingerprint density at radius 2 is 1.88 bits per heavy atom. The highest BCUT2D eigenvalue weighted by Crippen LogP contribution is 2.40. The summed E-state index contributed by atoms with van der Waals surface area (Å²) in [5.74, 6) is 1.82. The summed E-state index contributed by atoms with van der Waals surface area (Å²) in [6.07, 6.45) is 2.98. The molecule has 3 aromatic rings. The van der Waals surface area contributed by atoms with Crippen molar-refractivity contribution in [3.8, 4) is 5.75 Å². The average Bonchev–Trinajstić information content (AvgIpc) is 3.36. The van der Waals surface area contributed by atoms with Crippen LogP contribution in [0.25, 0.3) is 11.0 Å². The molecule has 8 nitrogen and oxygen atoms in total. The summed E-state index contributed by atoms with van der Waals surface area (Å²) in [4.78, 5) is 20.3. The van der Waals surface area contributed by atoms with E-state index in [9.17, 15) is 4.79 Å². The fraction of sp³-hybridized carbons (Fsp3) is 0.500. The van der Waals surface area contributed by atoms with Crippen LogP contribution >= 0.6 is 0 Å². The molecule has 6 rings (SSSR count). The predicted molar refractivity (Wildman–Crippen MR) is 129 cm³/mol. The van der Waals surface area contributed by atoms with Crippen LogP contribution in [0.3, 0.4) is 0 Å². The molecule has 0 spiro atoms. The molecule has 1 aromatic heterocycles. The van der Waals surface area contributed by atoms with Crippen LogP contribution in [0.1, 0.15) is 17.5 Å². The summed E-state index contributed by atoms with van der Waals surface area (Å²) in [5.41, 5.74) is 5.31. The van der Waals surface area contributed by atoms with Crippen molar-refractivity contribution in [3.05, 3.63) is 47.5 Å². The molecule has 2 fully saturated rings. The van der Waals surface area contributed by atoms with Crippen molar-refractivity contribution in [2.75, 3.05) is 51.8 Å². The second-order valence-corrected chi connectivity index (χ2v) is 9.93. The van der Waals surface area contributed by atoms with Crippen molar-refractivity contribution >= 4 is 22.6 Å². The number of ether oxygens (including phenoxy) is 1. The van der Waals surface area contributed by atoms with E-state index in [0.717, 1.165) is 74.5 Å². The summed E-state index contributed by atoms with van der Waals surface area (Å²) in [7, 11) is 3.94. The number of piperidine rings is 1. The van der Waals surface area contributed by atoms with Gasteiger partial charge in [0.15, 0.2) is 5.52 Å². The lowest BCUT2D eigenvalue weighted by molar-refractivity contribution is -0.139. The second kappa shape index (κ2) is 8.58. The Labute approximate surface area is 199 Å². The molecule has 0 saturated carbocycles. The smallest absolute Gasteiger partial charge is 0.227 e. The van der Waals surface area contributed by atoms with Gasteiger partial charge < -0.3 is 19.4 Å². The maximum absolute atomic E-state index is 13.6. The molecule has 2 aromatic carbocycles. The Kier molecular flexibility index (Phi) is 5.40. The number of anilines is 1. The number of piperazine rings is 1. The zero-order valence-corrected chi connectivity index (χ0v) is 19.8. The number of rotatable bonds is 3. The molecular formula is C26H31N5O3. The highest BCUT2D eigenvalue weighted by molar-refractivity contribution is 5.87. The van der Waals surface area contributed by atoms with E-state index in [-0.39, 0.29) is 5.92 Å². The summed E-state index contributed by atoms with van der Waals surface area (Å²) < 4.78 is 10.6. The van der Waals surface area contributed by atoms with Gasteiger partial charge in [0.2, 0.25) is 5.91 Å². The van der Waals surface area contributed by atoms with Gasteiger partial charge >= 0.3 is 0 Å². The number of fused-ring (bicyclic) bond motifs is 3. The number of methoxy groups -OCH3 is 1. The van der Waals surface area contributed by atoms with Crippen LogP contribution in [0.15, 0.2) is 41.0 Å². The van der Waals surface area contributed by atoms with E-state index in [1.807, 2.05) is 12.1 Å². The second-order valence-electron chi connectivity index (χ2n) is 9.93. The summed E-state index contributed by atoms with van der Waals surface area (Å²) in [5, 5.41) is 8.03. The van der Waals surface area contributed by atoms with E-state index in [4.69, 9.17) is 9.37 Å².